The predicted octanol–water partition coefficient (Wildman–Crippen LogP) is 7.90. The number of furan rings is 1. The summed E-state index contributed by atoms with van der Waals surface area (Å²) in [6.45, 7) is 0.000831. The summed E-state index contributed by atoms with van der Waals surface area (Å²) in [4.78, 5) is 8.86. The van der Waals surface area contributed by atoms with Crippen molar-refractivity contribution in [3.05, 3.63) is 121 Å². The van der Waals surface area contributed by atoms with Gasteiger partial charge in [-0.1, -0.05) is 42.6 Å². The largest absolute Gasteiger partial charge is 0.454 e. The van der Waals surface area contributed by atoms with Crippen molar-refractivity contribution < 1.29 is 28.6 Å². The fraction of sp³-hybridized carbons (Fsp3) is 0.0606. The third-order valence-corrected chi connectivity index (χ3v) is 6.69. The molecule has 0 saturated carbocycles. The monoisotopic (exact) mass is 686 g/mol. The summed E-state index contributed by atoms with van der Waals surface area (Å²) in [5, 5.41) is 8.80. The molecule has 3 aromatic carbocycles. The number of rotatable bonds is 1. The van der Waals surface area contributed by atoms with Gasteiger partial charge in [-0.05, 0) is 41.1 Å². The number of hydrogen-bond acceptors (Lipinski definition) is 4. The van der Waals surface area contributed by atoms with Crippen molar-refractivity contribution in [3.63, 3.8) is 0 Å². The number of aromatic nitrogens is 4. The van der Waals surface area contributed by atoms with Crippen molar-refractivity contribution in [2.24, 2.45) is 0 Å². The number of benzene rings is 3. The second kappa shape index (κ2) is 10.1. The summed E-state index contributed by atoms with van der Waals surface area (Å²) in [7, 11) is 0. The first-order chi connectivity index (χ1) is 19.9. The van der Waals surface area contributed by atoms with E-state index in [1.54, 1.807) is 18.2 Å². The van der Waals surface area contributed by atoms with E-state index in [0.29, 0.717) is 0 Å². The third-order valence-electron chi connectivity index (χ3n) is 6.69. The normalized spacial score (nSPS) is 12.6. The molecule has 0 aliphatic carbocycles. The summed E-state index contributed by atoms with van der Waals surface area (Å²) in [5.41, 5.74) is 7.69. The fourth-order valence-electron chi connectivity index (χ4n) is 4.98. The number of fused-ring (bicyclic) bond motifs is 10. The maximum absolute atomic E-state index is 7.23. The van der Waals surface area contributed by atoms with Gasteiger partial charge < -0.3 is 14.4 Å². The van der Waals surface area contributed by atoms with E-state index in [4.69, 9.17) is 13.5 Å². The van der Waals surface area contributed by atoms with E-state index in [2.05, 4.69) is 41.3 Å². The van der Waals surface area contributed by atoms with Crippen LogP contribution in [0.3, 0.4) is 0 Å². The minimum Gasteiger partial charge on any atom is -0.454 e. The molecule has 5 nitrogen and oxygen atoms in total. The van der Waals surface area contributed by atoms with Crippen molar-refractivity contribution in [1.82, 2.24) is 19.6 Å². The quantitative estimate of drug-likeness (QED) is 0.130. The molecule has 1 radical (unpaired) electrons. The number of para-hydroxylation sites is 1. The van der Waals surface area contributed by atoms with E-state index < -0.39 is 6.85 Å². The van der Waals surface area contributed by atoms with Gasteiger partial charge in [-0.2, -0.15) is 5.10 Å². The standard InChI is InChI=1S/C21H12N3O.C12H10N.Ir/c1-12-5-4-7-14-20-19(15-9-10-23-24(15)21(12)14)18-13-6-2-3-8-16(13)25-17(18)11-22-20;1-10-7-8-12(13-9-10)11-5-3-2-4-6-11;/h2-6,8-11H,1H3;2-5,7-9H,1H3;/q2*-1;/i;1D3;. The minimum atomic E-state index is -2.09. The van der Waals surface area contributed by atoms with Gasteiger partial charge in [0.05, 0.1) is 11.7 Å². The average Bonchev–Trinajstić information content (AvgIpc) is 3.63. The second-order valence-corrected chi connectivity index (χ2v) is 9.04. The van der Waals surface area contributed by atoms with E-state index >= 15 is 0 Å². The van der Waals surface area contributed by atoms with Gasteiger partial charge in [0.2, 0.25) is 0 Å². The maximum Gasteiger partial charge on any atom is 0.152 e. The zero-order valence-corrected chi connectivity index (χ0v) is 23.2. The van der Waals surface area contributed by atoms with Crippen LogP contribution in [0.15, 0.2) is 102 Å². The number of aryl methyl sites for hydroxylation is 2. The van der Waals surface area contributed by atoms with Crippen LogP contribution in [-0.4, -0.2) is 19.6 Å². The number of hydrogen-bond donors (Lipinski definition) is 0. The van der Waals surface area contributed by atoms with Crippen LogP contribution >= 0.6 is 0 Å². The van der Waals surface area contributed by atoms with Gasteiger partial charge in [0.25, 0.3) is 0 Å². The molecule has 0 N–H and O–H groups in total. The Balaban J connectivity index is 0.000000162. The van der Waals surface area contributed by atoms with Crippen LogP contribution in [0.25, 0.3) is 60.5 Å². The molecule has 8 rings (SSSR count). The Kier molecular flexibility index (Phi) is 5.56. The summed E-state index contributed by atoms with van der Waals surface area (Å²) in [6.07, 6.45) is 5.05. The topological polar surface area (TPSA) is 56.2 Å². The van der Waals surface area contributed by atoms with E-state index in [1.807, 2.05) is 65.4 Å². The zero-order valence-electron chi connectivity index (χ0n) is 23.8. The summed E-state index contributed by atoms with van der Waals surface area (Å²) in [5.74, 6) is 0. The molecular formula is C33H22IrN4O-2. The van der Waals surface area contributed by atoms with E-state index in [-0.39, 0.29) is 25.7 Å². The van der Waals surface area contributed by atoms with Gasteiger partial charge >= 0.3 is 0 Å². The van der Waals surface area contributed by atoms with E-state index in [9.17, 15) is 0 Å². The molecule has 8 aromatic rings. The van der Waals surface area contributed by atoms with Crippen molar-refractivity contribution in [3.8, 4) is 11.3 Å². The Labute approximate surface area is 242 Å². The van der Waals surface area contributed by atoms with E-state index in [0.717, 1.165) is 66.1 Å². The number of nitrogens with zero attached hydrogens (tertiary/aromatic N) is 4. The fourth-order valence-corrected chi connectivity index (χ4v) is 4.98. The van der Waals surface area contributed by atoms with Crippen molar-refractivity contribution >= 4 is 49.3 Å². The third kappa shape index (κ3) is 4.18. The Morgan fingerprint density at radius 1 is 0.846 bits per heavy atom. The molecular weight excluding hydrogens is 661 g/mol. The van der Waals surface area contributed by atoms with Gasteiger partial charge in [0.1, 0.15) is 5.58 Å². The molecule has 5 heterocycles. The predicted molar refractivity (Wildman–Crippen MR) is 152 cm³/mol. The Morgan fingerprint density at radius 2 is 1.74 bits per heavy atom. The molecule has 0 fully saturated rings. The minimum absolute atomic E-state index is 0. The summed E-state index contributed by atoms with van der Waals surface area (Å²) < 4.78 is 29.7. The molecule has 0 amide bonds. The van der Waals surface area contributed by atoms with Gasteiger partial charge in [0, 0.05) is 52.9 Å². The van der Waals surface area contributed by atoms with Crippen LogP contribution in [0, 0.1) is 25.9 Å². The molecule has 191 valence electrons. The molecule has 5 aromatic heterocycles. The first-order valence-corrected chi connectivity index (χ1v) is 12.2. The Bertz CT molecular complexity index is 2210. The first kappa shape index (κ1) is 21.5. The molecule has 39 heavy (non-hydrogen) atoms. The average molecular weight is 686 g/mol. The molecule has 0 saturated heterocycles. The molecule has 0 atom stereocenters. The molecule has 0 bridgehead atoms. The molecule has 0 unspecified atom stereocenters. The van der Waals surface area contributed by atoms with Crippen LogP contribution in [-0.2, 0) is 20.1 Å². The number of pyridine rings is 3. The Hall–Kier alpha value is -4.38. The van der Waals surface area contributed by atoms with Gasteiger partial charge in [-0.3, -0.25) is 4.52 Å². The smallest absolute Gasteiger partial charge is 0.152 e. The summed E-state index contributed by atoms with van der Waals surface area (Å²) >= 11 is 0. The van der Waals surface area contributed by atoms with Gasteiger partial charge in [0.15, 0.2) is 5.58 Å². The Morgan fingerprint density at radius 3 is 2.56 bits per heavy atom. The van der Waals surface area contributed by atoms with Crippen LogP contribution in [0.5, 0.6) is 0 Å². The van der Waals surface area contributed by atoms with Gasteiger partial charge in [-0.15, -0.1) is 59.7 Å². The molecule has 0 spiro atoms. The maximum atomic E-state index is 7.23. The van der Waals surface area contributed by atoms with Crippen LogP contribution in [0.1, 0.15) is 15.2 Å². The molecule has 6 heteroatoms. The van der Waals surface area contributed by atoms with Crippen molar-refractivity contribution in [2.45, 2.75) is 13.8 Å². The zero-order chi connectivity index (χ0) is 28.1. The molecule has 0 aliphatic heterocycles. The summed E-state index contributed by atoms with van der Waals surface area (Å²) in [6, 6.07) is 31.3. The van der Waals surface area contributed by atoms with Crippen LogP contribution in [0.2, 0.25) is 0 Å². The van der Waals surface area contributed by atoms with Crippen molar-refractivity contribution in [1.29, 1.82) is 0 Å². The SMILES string of the molecule is Cc1cc[c-]c2c3ncc4oc5ccccc5c4c3c3ccnn3c12.[2H]C([2H])([2H])c1ccc(-c2[c-]cccc2)nc1.[Ir]. The van der Waals surface area contributed by atoms with Crippen LogP contribution in [0.4, 0.5) is 0 Å². The first-order valence-electron chi connectivity index (χ1n) is 13.7. The molecule has 0 aliphatic rings. The second-order valence-electron chi connectivity index (χ2n) is 9.04. The van der Waals surface area contributed by atoms with Crippen molar-refractivity contribution in [2.75, 3.05) is 0 Å². The van der Waals surface area contributed by atoms with Crippen LogP contribution < -0.4 is 0 Å². The van der Waals surface area contributed by atoms with E-state index in [1.165, 1.54) is 6.20 Å². The van der Waals surface area contributed by atoms with Gasteiger partial charge in [-0.25, -0.2) is 0 Å².